The molecule has 0 atom stereocenters. The van der Waals surface area contributed by atoms with E-state index in [4.69, 9.17) is 0 Å². The third-order valence-corrected chi connectivity index (χ3v) is 3.03. The van der Waals surface area contributed by atoms with Crippen molar-refractivity contribution in [1.29, 1.82) is 0 Å². The molecule has 0 aliphatic carbocycles. The molecule has 0 aromatic carbocycles. The van der Waals surface area contributed by atoms with Crippen molar-refractivity contribution in [1.82, 2.24) is 9.38 Å². The van der Waals surface area contributed by atoms with Crippen LogP contribution in [0.3, 0.4) is 0 Å². The summed E-state index contributed by atoms with van der Waals surface area (Å²) in [5.74, 6) is 0. The molecule has 2 heterocycles. The second-order valence-electron chi connectivity index (χ2n) is 5.88. The van der Waals surface area contributed by atoms with Gasteiger partial charge in [0.1, 0.15) is 11.3 Å². The van der Waals surface area contributed by atoms with Crippen molar-refractivity contribution >= 4 is 11.9 Å². The van der Waals surface area contributed by atoms with Crippen molar-refractivity contribution in [2.24, 2.45) is 5.41 Å². The van der Waals surface area contributed by atoms with Crippen molar-refractivity contribution in [3.8, 4) is 0 Å². The zero-order valence-corrected chi connectivity index (χ0v) is 11.5. The zero-order valence-electron chi connectivity index (χ0n) is 11.5. The number of aldehydes is 1. The lowest BCUT2D eigenvalue weighted by molar-refractivity contribution is 0.111. The van der Waals surface area contributed by atoms with Gasteiger partial charge in [0.2, 0.25) is 0 Å². The zero-order chi connectivity index (χ0) is 13.3. The normalized spacial score (nSPS) is 12.0. The van der Waals surface area contributed by atoms with Gasteiger partial charge in [-0.25, -0.2) is 4.98 Å². The standard InChI is InChI=1S/C15H20N2O/c1-5-11-7-6-8-17-13(10-18)12(16-14(11)17)9-15(2,3)4/h6-8,10H,5,9H2,1-4H3. The third-order valence-electron chi connectivity index (χ3n) is 3.03. The molecule has 0 fully saturated rings. The van der Waals surface area contributed by atoms with Crippen molar-refractivity contribution in [2.45, 2.75) is 40.5 Å². The first-order chi connectivity index (χ1) is 8.46. The summed E-state index contributed by atoms with van der Waals surface area (Å²) in [7, 11) is 0. The summed E-state index contributed by atoms with van der Waals surface area (Å²) in [6, 6.07) is 4.04. The van der Waals surface area contributed by atoms with E-state index in [2.05, 4.69) is 38.7 Å². The number of carbonyl (C=O) groups excluding carboxylic acids is 1. The molecule has 3 heteroatoms. The number of aryl methyl sites for hydroxylation is 1. The Morgan fingerprint density at radius 3 is 2.67 bits per heavy atom. The Hall–Kier alpha value is -1.64. The van der Waals surface area contributed by atoms with Crippen molar-refractivity contribution < 1.29 is 4.79 Å². The average Bonchev–Trinajstić information content (AvgIpc) is 2.63. The Kier molecular flexibility index (Phi) is 3.24. The van der Waals surface area contributed by atoms with Crippen LogP contribution in [0.25, 0.3) is 5.65 Å². The predicted octanol–water partition coefficient (Wildman–Crippen LogP) is 3.30. The highest BCUT2D eigenvalue weighted by atomic mass is 16.1. The summed E-state index contributed by atoms with van der Waals surface area (Å²) in [6.07, 6.45) is 4.57. The molecule has 0 unspecified atom stereocenters. The lowest BCUT2D eigenvalue weighted by Crippen LogP contribution is -2.11. The van der Waals surface area contributed by atoms with Gasteiger partial charge in [-0.15, -0.1) is 0 Å². The molecule has 0 saturated carbocycles. The highest BCUT2D eigenvalue weighted by molar-refractivity contribution is 5.77. The number of nitrogens with zero attached hydrogens (tertiary/aromatic N) is 2. The largest absolute Gasteiger partial charge is 0.297 e. The summed E-state index contributed by atoms with van der Waals surface area (Å²) >= 11 is 0. The number of carbonyl (C=O) groups is 1. The highest BCUT2D eigenvalue weighted by Gasteiger charge is 2.19. The molecule has 2 rings (SSSR count). The second kappa shape index (κ2) is 4.56. The molecule has 96 valence electrons. The van der Waals surface area contributed by atoms with Gasteiger partial charge in [0.25, 0.3) is 0 Å². The molecular formula is C15H20N2O. The van der Waals surface area contributed by atoms with Crippen LogP contribution in [0, 0.1) is 5.41 Å². The van der Waals surface area contributed by atoms with Crippen molar-refractivity contribution in [3.63, 3.8) is 0 Å². The van der Waals surface area contributed by atoms with E-state index in [0.717, 1.165) is 30.5 Å². The summed E-state index contributed by atoms with van der Waals surface area (Å²) in [6.45, 7) is 8.58. The molecule has 0 N–H and O–H groups in total. The van der Waals surface area contributed by atoms with E-state index < -0.39 is 0 Å². The maximum Gasteiger partial charge on any atom is 0.168 e. The molecule has 0 saturated heterocycles. The Morgan fingerprint density at radius 2 is 2.11 bits per heavy atom. The van der Waals surface area contributed by atoms with E-state index in [1.165, 1.54) is 5.56 Å². The van der Waals surface area contributed by atoms with E-state index in [1.807, 2.05) is 16.7 Å². The van der Waals surface area contributed by atoms with E-state index >= 15 is 0 Å². The molecule has 0 bridgehead atoms. The fourth-order valence-corrected chi connectivity index (χ4v) is 2.22. The van der Waals surface area contributed by atoms with Gasteiger partial charge in [-0.1, -0.05) is 33.8 Å². The number of imidazole rings is 1. The molecule has 0 aliphatic heterocycles. The van der Waals surface area contributed by atoms with Gasteiger partial charge in [-0.3, -0.25) is 9.20 Å². The lowest BCUT2D eigenvalue weighted by Gasteiger charge is -2.16. The maximum absolute atomic E-state index is 11.3. The van der Waals surface area contributed by atoms with Crippen LogP contribution in [0.2, 0.25) is 0 Å². The van der Waals surface area contributed by atoms with Crippen LogP contribution >= 0.6 is 0 Å². The molecule has 0 radical (unpaired) electrons. The van der Waals surface area contributed by atoms with Crippen molar-refractivity contribution in [3.05, 3.63) is 35.3 Å². The molecule has 3 nitrogen and oxygen atoms in total. The van der Waals surface area contributed by atoms with Gasteiger partial charge in [-0.2, -0.15) is 0 Å². The van der Waals surface area contributed by atoms with Crippen LogP contribution < -0.4 is 0 Å². The molecule has 2 aromatic rings. The van der Waals surface area contributed by atoms with E-state index in [-0.39, 0.29) is 5.41 Å². The van der Waals surface area contributed by atoms with Crippen molar-refractivity contribution in [2.75, 3.05) is 0 Å². The minimum Gasteiger partial charge on any atom is -0.297 e. The first-order valence-electron chi connectivity index (χ1n) is 6.40. The van der Waals surface area contributed by atoms with Gasteiger partial charge in [0.15, 0.2) is 6.29 Å². The van der Waals surface area contributed by atoms with Gasteiger partial charge in [0.05, 0.1) is 5.69 Å². The lowest BCUT2D eigenvalue weighted by atomic mass is 9.90. The fourth-order valence-electron chi connectivity index (χ4n) is 2.22. The Labute approximate surface area is 108 Å². The quantitative estimate of drug-likeness (QED) is 0.776. The minimum atomic E-state index is 0.127. The smallest absolute Gasteiger partial charge is 0.168 e. The van der Waals surface area contributed by atoms with Gasteiger partial charge in [0, 0.05) is 6.20 Å². The van der Waals surface area contributed by atoms with E-state index in [1.54, 1.807) is 0 Å². The number of pyridine rings is 1. The summed E-state index contributed by atoms with van der Waals surface area (Å²) in [4.78, 5) is 16.0. The number of hydrogen-bond acceptors (Lipinski definition) is 2. The Morgan fingerprint density at radius 1 is 1.39 bits per heavy atom. The van der Waals surface area contributed by atoms with Crippen LogP contribution in [0.15, 0.2) is 18.3 Å². The van der Waals surface area contributed by atoms with Gasteiger partial charge in [-0.05, 0) is 29.9 Å². The number of hydrogen-bond donors (Lipinski definition) is 0. The summed E-state index contributed by atoms with van der Waals surface area (Å²) in [5, 5.41) is 0. The summed E-state index contributed by atoms with van der Waals surface area (Å²) < 4.78 is 1.91. The van der Waals surface area contributed by atoms with Gasteiger partial charge < -0.3 is 0 Å². The Bertz CT molecular complexity index is 576. The van der Waals surface area contributed by atoms with Crippen LogP contribution in [-0.4, -0.2) is 15.7 Å². The fraction of sp³-hybridized carbons (Fsp3) is 0.467. The van der Waals surface area contributed by atoms with Crippen LogP contribution in [0.5, 0.6) is 0 Å². The average molecular weight is 244 g/mol. The third kappa shape index (κ3) is 2.30. The minimum absolute atomic E-state index is 0.127. The number of fused-ring (bicyclic) bond motifs is 1. The first kappa shape index (κ1) is 12.8. The number of aromatic nitrogens is 2. The molecule has 18 heavy (non-hydrogen) atoms. The van der Waals surface area contributed by atoms with Crippen LogP contribution in [-0.2, 0) is 12.8 Å². The van der Waals surface area contributed by atoms with E-state index in [0.29, 0.717) is 5.69 Å². The van der Waals surface area contributed by atoms with E-state index in [9.17, 15) is 4.79 Å². The van der Waals surface area contributed by atoms with Crippen LogP contribution in [0.1, 0.15) is 49.4 Å². The molecule has 0 aliphatic rings. The second-order valence-corrected chi connectivity index (χ2v) is 5.88. The highest BCUT2D eigenvalue weighted by Crippen LogP contribution is 2.24. The molecule has 0 spiro atoms. The monoisotopic (exact) mass is 244 g/mol. The first-order valence-corrected chi connectivity index (χ1v) is 6.40. The predicted molar refractivity (Wildman–Crippen MR) is 73.1 cm³/mol. The topological polar surface area (TPSA) is 34.4 Å². The SMILES string of the molecule is CCc1cccn2c(C=O)c(CC(C)(C)C)nc12. The molecular weight excluding hydrogens is 224 g/mol. The van der Waals surface area contributed by atoms with Crippen LogP contribution in [0.4, 0.5) is 0 Å². The van der Waals surface area contributed by atoms with Gasteiger partial charge >= 0.3 is 0 Å². The Balaban J connectivity index is 2.64. The molecule has 0 amide bonds. The maximum atomic E-state index is 11.3. The molecule has 2 aromatic heterocycles. The summed E-state index contributed by atoms with van der Waals surface area (Å²) in [5.41, 5.74) is 3.82. The number of rotatable bonds is 3.